The molecule has 0 heterocycles. The van der Waals surface area contributed by atoms with Gasteiger partial charge in [0.15, 0.2) is 0 Å². The van der Waals surface area contributed by atoms with Crippen LogP contribution in [0.1, 0.15) is 57.4 Å². The molecule has 0 atom stereocenters. The SMILES string of the molecule is CCCCCCCCCc1ccc(OCCOCCOCCOCCOCCOCCOCCOCCOCCOCCOc2ccc([N+](=O)[O-])cc2)cc1. The molecule has 55 heavy (non-hydrogen) atoms. The summed E-state index contributed by atoms with van der Waals surface area (Å²) in [6, 6.07) is 14.4. The van der Waals surface area contributed by atoms with Crippen molar-refractivity contribution in [2.45, 2.75) is 58.3 Å². The molecule has 0 spiro atoms. The van der Waals surface area contributed by atoms with Crippen LogP contribution in [-0.2, 0) is 49.1 Å². The highest BCUT2D eigenvalue weighted by atomic mass is 16.6. The fourth-order valence-electron chi connectivity index (χ4n) is 5.00. The first-order valence-electron chi connectivity index (χ1n) is 20.0. The number of rotatable bonds is 41. The third kappa shape index (κ3) is 30.0. The lowest BCUT2D eigenvalue weighted by Crippen LogP contribution is -2.15. The zero-order chi connectivity index (χ0) is 39.1. The van der Waals surface area contributed by atoms with Crippen LogP contribution in [0.5, 0.6) is 11.5 Å². The van der Waals surface area contributed by atoms with Crippen LogP contribution in [0.15, 0.2) is 48.5 Å². The van der Waals surface area contributed by atoms with Crippen molar-refractivity contribution in [1.29, 1.82) is 0 Å². The molecule has 0 radical (unpaired) electrons. The van der Waals surface area contributed by atoms with Crippen molar-refractivity contribution in [3.05, 3.63) is 64.2 Å². The third-order valence-corrected chi connectivity index (χ3v) is 8.01. The average molecular weight is 782 g/mol. The molecule has 0 saturated heterocycles. The Morgan fingerprint density at radius 1 is 0.400 bits per heavy atom. The Hall–Kier alpha value is -2.92. The highest BCUT2D eigenvalue weighted by Crippen LogP contribution is 2.17. The van der Waals surface area contributed by atoms with Gasteiger partial charge in [-0.05, 0) is 42.7 Å². The molecule has 0 saturated carbocycles. The van der Waals surface area contributed by atoms with E-state index in [2.05, 4.69) is 19.1 Å². The molecule has 0 bridgehead atoms. The van der Waals surface area contributed by atoms with Gasteiger partial charge in [0.1, 0.15) is 24.7 Å². The highest BCUT2D eigenvalue weighted by molar-refractivity contribution is 5.35. The second-order valence-electron chi connectivity index (χ2n) is 12.5. The maximum atomic E-state index is 10.7. The van der Waals surface area contributed by atoms with E-state index in [-0.39, 0.29) is 5.69 Å². The number of nitro benzene ring substituents is 1. The number of nitro groups is 1. The van der Waals surface area contributed by atoms with Gasteiger partial charge in [-0.15, -0.1) is 0 Å². The molecule has 0 unspecified atom stereocenters. The van der Waals surface area contributed by atoms with E-state index in [0.717, 1.165) is 12.2 Å². The number of benzene rings is 2. The summed E-state index contributed by atoms with van der Waals surface area (Å²) in [6.07, 6.45) is 10.5. The fourth-order valence-corrected chi connectivity index (χ4v) is 5.00. The molecular weight excluding hydrogens is 714 g/mol. The van der Waals surface area contributed by atoms with Crippen LogP contribution >= 0.6 is 0 Å². The molecule has 14 heteroatoms. The monoisotopic (exact) mass is 781 g/mol. The van der Waals surface area contributed by atoms with Gasteiger partial charge < -0.3 is 52.1 Å². The minimum atomic E-state index is -0.449. The number of ether oxygens (including phenoxy) is 11. The third-order valence-electron chi connectivity index (χ3n) is 8.01. The summed E-state index contributed by atoms with van der Waals surface area (Å²) in [4.78, 5) is 10.2. The zero-order valence-electron chi connectivity index (χ0n) is 33.2. The van der Waals surface area contributed by atoms with Crippen molar-refractivity contribution < 1.29 is 57.0 Å². The van der Waals surface area contributed by atoms with E-state index >= 15 is 0 Å². The van der Waals surface area contributed by atoms with Crippen LogP contribution in [0.25, 0.3) is 0 Å². The number of unbranched alkanes of at least 4 members (excludes halogenated alkanes) is 6. The molecule has 314 valence electrons. The van der Waals surface area contributed by atoms with Crippen LogP contribution < -0.4 is 9.47 Å². The van der Waals surface area contributed by atoms with Crippen LogP contribution in [0.3, 0.4) is 0 Å². The van der Waals surface area contributed by atoms with Gasteiger partial charge in [0.25, 0.3) is 5.69 Å². The zero-order valence-corrected chi connectivity index (χ0v) is 33.2. The molecule has 2 aromatic rings. The number of non-ortho nitro benzene ring substituents is 1. The Kier molecular flexibility index (Phi) is 32.2. The van der Waals surface area contributed by atoms with Gasteiger partial charge in [-0.2, -0.15) is 0 Å². The van der Waals surface area contributed by atoms with Gasteiger partial charge in [-0.3, -0.25) is 10.1 Å². The second-order valence-corrected chi connectivity index (χ2v) is 12.5. The Morgan fingerprint density at radius 3 is 1.02 bits per heavy atom. The van der Waals surface area contributed by atoms with E-state index in [4.69, 9.17) is 52.1 Å². The van der Waals surface area contributed by atoms with Crippen LogP contribution in [-0.4, -0.2) is 137 Å². The number of hydrogen-bond donors (Lipinski definition) is 0. The summed E-state index contributed by atoms with van der Waals surface area (Å²) in [5.41, 5.74) is 1.40. The number of nitrogens with zero attached hydrogens (tertiary/aromatic N) is 1. The minimum Gasteiger partial charge on any atom is -0.491 e. The summed E-state index contributed by atoms with van der Waals surface area (Å²) in [7, 11) is 0. The van der Waals surface area contributed by atoms with Crippen molar-refractivity contribution in [3.63, 3.8) is 0 Å². The molecule has 2 aromatic carbocycles. The first-order chi connectivity index (χ1) is 27.2. The highest BCUT2D eigenvalue weighted by Gasteiger charge is 2.04. The van der Waals surface area contributed by atoms with Crippen LogP contribution in [0.2, 0.25) is 0 Å². The summed E-state index contributed by atoms with van der Waals surface area (Å²) in [6.45, 7) is 11.8. The van der Waals surface area contributed by atoms with Gasteiger partial charge in [0.05, 0.1) is 124 Å². The number of aryl methyl sites for hydroxylation is 1. The maximum absolute atomic E-state index is 10.7. The molecule has 0 N–H and O–H groups in total. The van der Waals surface area contributed by atoms with Crippen LogP contribution in [0, 0.1) is 10.1 Å². The van der Waals surface area contributed by atoms with E-state index in [1.54, 1.807) is 12.1 Å². The first-order valence-corrected chi connectivity index (χ1v) is 20.0. The molecule has 2 rings (SSSR count). The van der Waals surface area contributed by atoms with E-state index in [9.17, 15) is 10.1 Å². The number of hydrogen-bond acceptors (Lipinski definition) is 13. The average Bonchev–Trinajstić information content (AvgIpc) is 3.20. The van der Waals surface area contributed by atoms with E-state index in [1.165, 1.54) is 62.6 Å². The lowest BCUT2D eigenvalue weighted by Gasteiger charge is -2.09. The summed E-state index contributed by atoms with van der Waals surface area (Å²) in [5.74, 6) is 1.44. The molecule has 0 aliphatic heterocycles. The molecule has 0 fully saturated rings. The molecule has 0 aliphatic rings. The van der Waals surface area contributed by atoms with Crippen LogP contribution in [0.4, 0.5) is 5.69 Å². The van der Waals surface area contributed by atoms with Gasteiger partial charge >= 0.3 is 0 Å². The van der Waals surface area contributed by atoms with Crippen molar-refractivity contribution >= 4 is 5.69 Å². The van der Waals surface area contributed by atoms with Gasteiger partial charge in [-0.1, -0.05) is 57.6 Å². The van der Waals surface area contributed by atoms with Crippen molar-refractivity contribution in [1.82, 2.24) is 0 Å². The second kappa shape index (κ2) is 36.7. The Morgan fingerprint density at radius 2 is 0.691 bits per heavy atom. The Bertz CT molecular complexity index is 1120. The van der Waals surface area contributed by atoms with E-state index < -0.39 is 4.92 Å². The normalized spacial score (nSPS) is 11.3. The molecule has 0 amide bonds. The molecule has 0 aromatic heterocycles. The quantitative estimate of drug-likeness (QED) is 0.0412. The first kappa shape index (κ1) is 48.2. The van der Waals surface area contributed by atoms with Crippen molar-refractivity contribution in [2.75, 3.05) is 132 Å². The molecule has 0 aliphatic carbocycles. The summed E-state index contributed by atoms with van der Waals surface area (Å²) >= 11 is 0. The molecular formula is C41H67NO13. The van der Waals surface area contributed by atoms with Gasteiger partial charge in [0, 0.05) is 12.1 Å². The van der Waals surface area contributed by atoms with Gasteiger partial charge in [-0.25, -0.2) is 0 Å². The van der Waals surface area contributed by atoms with E-state index in [1.807, 2.05) is 12.1 Å². The fraction of sp³-hybridized carbons (Fsp3) is 0.707. The Labute approximate surface area is 328 Å². The minimum absolute atomic E-state index is 0.0266. The van der Waals surface area contributed by atoms with E-state index in [0.29, 0.717) is 138 Å². The lowest BCUT2D eigenvalue weighted by atomic mass is 10.0. The summed E-state index contributed by atoms with van der Waals surface area (Å²) in [5, 5.41) is 10.7. The predicted octanol–water partition coefficient (Wildman–Crippen LogP) is 6.50. The Balaban J connectivity index is 1.19. The summed E-state index contributed by atoms with van der Waals surface area (Å²) < 4.78 is 60.8. The van der Waals surface area contributed by atoms with Gasteiger partial charge in [0.2, 0.25) is 0 Å². The lowest BCUT2D eigenvalue weighted by molar-refractivity contribution is -0.384. The smallest absolute Gasteiger partial charge is 0.269 e. The largest absolute Gasteiger partial charge is 0.491 e. The molecule has 14 nitrogen and oxygen atoms in total. The standard InChI is InChI=1S/C41H67NO13/c1-2-3-4-5-6-7-8-9-38-10-14-40(15-11-38)54-36-34-52-32-30-50-28-26-48-24-22-46-20-18-45-19-21-47-23-25-49-27-29-51-31-33-53-35-37-55-41-16-12-39(13-17-41)42(43)44/h10-17H,2-9,18-37H2,1H3. The maximum Gasteiger partial charge on any atom is 0.269 e. The van der Waals surface area contributed by atoms with Crippen molar-refractivity contribution in [3.8, 4) is 11.5 Å². The predicted molar refractivity (Wildman–Crippen MR) is 210 cm³/mol. The van der Waals surface area contributed by atoms with Crippen molar-refractivity contribution in [2.24, 2.45) is 0 Å². The topological polar surface area (TPSA) is 145 Å².